The summed E-state index contributed by atoms with van der Waals surface area (Å²) < 4.78 is 4.97. The van der Waals surface area contributed by atoms with E-state index in [1.807, 2.05) is 60.7 Å². The fourth-order valence-electron chi connectivity index (χ4n) is 1.93. The quantitative estimate of drug-likeness (QED) is 0.730. The number of ether oxygens (including phenoxy) is 1. The van der Waals surface area contributed by atoms with E-state index in [0.29, 0.717) is 6.42 Å². The van der Waals surface area contributed by atoms with Crippen LogP contribution in [0.15, 0.2) is 60.7 Å². The highest BCUT2D eigenvalue weighted by Gasteiger charge is 2.15. The molecule has 6 heteroatoms. The maximum absolute atomic E-state index is 11.8. The van der Waals surface area contributed by atoms with Gasteiger partial charge in [-0.1, -0.05) is 60.7 Å². The fourth-order valence-corrected chi connectivity index (χ4v) is 1.93. The summed E-state index contributed by atoms with van der Waals surface area (Å²) in [4.78, 5) is 23.3. The van der Waals surface area contributed by atoms with Crippen molar-refractivity contribution < 1.29 is 14.3 Å². The normalized spacial score (nSPS) is 11.3. The summed E-state index contributed by atoms with van der Waals surface area (Å²) in [6.07, 6.45) is -0.359. The van der Waals surface area contributed by atoms with Crippen LogP contribution in [0.5, 0.6) is 0 Å². The zero-order valence-electron chi connectivity index (χ0n) is 12.6. The number of carbonyl (C=O) groups excluding carboxylic acids is 2. The molecule has 1 unspecified atom stereocenters. The molecule has 2 amide bonds. The standard InChI is InChI=1S/C17H19N3O3/c18-15(11-13-7-3-1-4-8-13)16(21)19-20-17(22)23-12-14-9-5-2-6-10-14/h1-10,15H,11-12,18H2,(H,19,21)(H,20,22). The lowest BCUT2D eigenvalue weighted by molar-refractivity contribution is -0.123. The molecule has 0 saturated carbocycles. The molecule has 0 heterocycles. The van der Waals surface area contributed by atoms with Crippen molar-refractivity contribution in [1.82, 2.24) is 10.9 Å². The van der Waals surface area contributed by atoms with E-state index in [0.717, 1.165) is 11.1 Å². The van der Waals surface area contributed by atoms with Gasteiger partial charge in [0.1, 0.15) is 6.61 Å². The summed E-state index contributed by atoms with van der Waals surface area (Å²) >= 11 is 0. The van der Waals surface area contributed by atoms with Crippen LogP contribution in [-0.4, -0.2) is 18.0 Å². The maximum Gasteiger partial charge on any atom is 0.426 e. The molecule has 0 aliphatic carbocycles. The van der Waals surface area contributed by atoms with Gasteiger partial charge in [-0.25, -0.2) is 10.2 Å². The Morgan fingerprint density at radius 2 is 1.48 bits per heavy atom. The smallest absolute Gasteiger partial charge is 0.426 e. The van der Waals surface area contributed by atoms with Crippen molar-refractivity contribution in [3.05, 3.63) is 71.8 Å². The molecular formula is C17H19N3O3. The van der Waals surface area contributed by atoms with Gasteiger partial charge in [0.05, 0.1) is 6.04 Å². The Morgan fingerprint density at radius 1 is 0.913 bits per heavy atom. The van der Waals surface area contributed by atoms with Crippen molar-refractivity contribution >= 4 is 12.0 Å². The molecule has 0 radical (unpaired) electrons. The number of benzene rings is 2. The van der Waals surface area contributed by atoms with Crippen LogP contribution in [0.4, 0.5) is 4.79 Å². The molecule has 0 aliphatic heterocycles. The monoisotopic (exact) mass is 313 g/mol. The predicted octanol–water partition coefficient (Wildman–Crippen LogP) is 1.51. The van der Waals surface area contributed by atoms with Crippen LogP contribution in [0.1, 0.15) is 11.1 Å². The number of hydrogen-bond acceptors (Lipinski definition) is 4. The first kappa shape index (κ1) is 16.5. The van der Waals surface area contributed by atoms with Crippen molar-refractivity contribution in [2.45, 2.75) is 19.1 Å². The van der Waals surface area contributed by atoms with Gasteiger partial charge in [-0.3, -0.25) is 10.2 Å². The minimum Gasteiger partial charge on any atom is -0.443 e. The minimum atomic E-state index is -0.758. The SMILES string of the molecule is NC(Cc1ccccc1)C(=O)NNC(=O)OCc1ccccc1. The largest absolute Gasteiger partial charge is 0.443 e. The van der Waals surface area contributed by atoms with E-state index in [2.05, 4.69) is 10.9 Å². The third kappa shape index (κ3) is 5.80. The van der Waals surface area contributed by atoms with E-state index in [4.69, 9.17) is 10.5 Å². The lowest BCUT2D eigenvalue weighted by atomic mass is 10.1. The van der Waals surface area contributed by atoms with Gasteiger partial charge >= 0.3 is 6.09 Å². The highest BCUT2D eigenvalue weighted by atomic mass is 16.6. The summed E-state index contributed by atoms with van der Waals surface area (Å²) in [5.74, 6) is -0.481. The van der Waals surface area contributed by atoms with Crippen LogP contribution < -0.4 is 16.6 Å². The Balaban J connectivity index is 1.70. The number of nitrogens with one attached hydrogen (secondary N) is 2. The van der Waals surface area contributed by atoms with E-state index >= 15 is 0 Å². The average molecular weight is 313 g/mol. The minimum absolute atomic E-state index is 0.124. The molecule has 0 aliphatic rings. The molecule has 1 atom stereocenters. The van der Waals surface area contributed by atoms with Gasteiger partial charge < -0.3 is 10.5 Å². The highest BCUT2D eigenvalue weighted by molar-refractivity contribution is 5.83. The molecule has 4 N–H and O–H groups in total. The molecule has 0 aromatic heterocycles. The number of nitrogens with two attached hydrogens (primary N) is 1. The van der Waals surface area contributed by atoms with Gasteiger partial charge in [-0.15, -0.1) is 0 Å². The second kappa shape index (κ2) is 8.55. The molecule has 0 bridgehead atoms. The molecule has 6 nitrogen and oxygen atoms in total. The number of amides is 2. The fraction of sp³-hybridized carbons (Fsp3) is 0.176. The number of hydrogen-bond donors (Lipinski definition) is 3. The van der Waals surface area contributed by atoms with Crippen molar-refractivity contribution in [2.75, 3.05) is 0 Å². The second-order valence-corrected chi connectivity index (χ2v) is 4.97. The van der Waals surface area contributed by atoms with Crippen molar-refractivity contribution in [1.29, 1.82) is 0 Å². The van der Waals surface area contributed by atoms with Gasteiger partial charge in [-0.2, -0.15) is 0 Å². The van der Waals surface area contributed by atoms with Crippen molar-refractivity contribution in [3.63, 3.8) is 0 Å². The summed E-state index contributed by atoms with van der Waals surface area (Å²) in [6, 6.07) is 17.9. The first-order chi connectivity index (χ1) is 11.1. The van der Waals surface area contributed by atoms with Gasteiger partial charge in [0.15, 0.2) is 0 Å². The number of rotatable bonds is 5. The summed E-state index contributed by atoms with van der Waals surface area (Å²) in [5.41, 5.74) is 12.0. The molecule has 2 aromatic rings. The Morgan fingerprint density at radius 3 is 2.09 bits per heavy atom. The first-order valence-corrected chi connectivity index (χ1v) is 7.21. The second-order valence-electron chi connectivity index (χ2n) is 4.97. The summed E-state index contributed by atoms with van der Waals surface area (Å²) in [5, 5.41) is 0. The van der Waals surface area contributed by atoms with E-state index in [1.165, 1.54) is 0 Å². The zero-order chi connectivity index (χ0) is 16.5. The van der Waals surface area contributed by atoms with Gasteiger partial charge in [-0.05, 0) is 17.5 Å². The number of carbonyl (C=O) groups is 2. The van der Waals surface area contributed by atoms with E-state index in [1.54, 1.807) is 0 Å². The Kier molecular flexibility index (Phi) is 6.14. The first-order valence-electron chi connectivity index (χ1n) is 7.21. The Bertz CT molecular complexity index is 632. The zero-order valence-corrected chi connectivity index (χ0v) is 12.6. The van der Waals surface area contributed by atoms with Crippen LogP contribution in [0.3, 0.4) is 0 Å². The molecule has 0 saturated heterocycles. The van der Waals surface area contributed by atoms with E-state index < -0.39 is 18.0 Å². The molecule has 0 spiro atoms. The lowest BCUT2D eigenvalue weighted by Crippen LogP contribution is -2.50. The third-order valence-corrected chi connectivity index (χ3v) is 3.14. The van der Waals surface area contributed by atoms with E-state index in [9.17, 15) is 9.59 Å². The van der Waals surface area contributed by atoms with Gasteiger partial charge in [0, 0.05) is 0 Å². The lowest BCUT2D eigenvalue weighted by Gasteiger charge is -2.13. The summed E-state index contributed by atoms with van der Waals surface area (Å²) in [7, 11) is 0. The van der Waals surface area contributed by atoms with Crippen LogP contribution in [0.25, 0.3) is 0 Å². The van der Waals surface area contributed by atoms with Crippen molar-refractivity contribution in [2.24, 2.45) is 5.73 Å². The maximum atomic E-state index is 11.8. The van der Waals surface area contributed by atoms with E-state index in [-0.39, 0.29) is 6.61 Å². The highest BCUT2D eigenvalue weighted by Crippen LogP contribution is 2.02. The molecule has 2 aromatic carbocycles. The topological polar surface area (TPSA) is 93.5 Å². The molecule has 23 heavy (non-hydrogen) atoms. The third-order valence-electron chi connectivity index (χ3n) is 3.14. The molecule has 120 valence electrons. The predicted molar refractivity (Wildman–Crippen MR) is 86.0 cm³/mol. The van der Waals surface area contributed by atoms with Crippen LogP contribution in [0.2, 0.25) is 0 Å². The number of hydrazine groups is 1. The summed E-state index contributed by atoms with van der Waals surface area (Å²) in [6.45, 7) is 0.124. The molecule has 2 rings (SSSR count). The Labute approximate surface area is 134 Å². The molecular weight excluding hydrogens is 294 g/mol. The van der Waals surface area contributed by atoms with Crippen LogP contribution in [0, 0.1) is 0 Å². The van der Waals surface area contributed by atoms with Gasteiger partial charge in [0.25, 0.3) is 5.91 Å². The van der Waals surface area contributed by atoms with Crippen LogP contribution in [-0.2, 0) is 22.6 Å². The Hall–Kier alpha value is -2.86. The van der Waals surface area contributed by atoms with Crippen LogP contribution >= 0.6 is 0 Å². The average Bonchev–Trinajstić information content (AvgIpc) is 2.59. The van der Waals surface area contributed by atoms with Crippen molar-refractivity contribution in [3.8, 4) is 0 Å². The van der Waals surface area contributed by atoms with Gasteiger partial charge in [0.2, 0.25) is 0 Å². The molecule has 0 fully saturated rings.